The molecule has 6 rings (SSSR count). The zero-order valence-corrected chi connectivity index (χ0v) is 20.9. The van der Waals surface area contributed by atoms with Crippen LogP contribution in [0.1, 0.15) is 15.9 Å². The fourth-order valence-corrected chi connectivity index (χ4v) is 4.95. The van der Waals surface area contributed by atoms with E-state index in [0.717, 1.165) is 55.7 Å². The van der Waals surface area contributed by atoms with Crippen molar-refractivity contribution in [3.8, 4) is 28.4 Å². The van der Waals surface area contributed by atoms with Gasteiger partial charge in [0.25, 0.3) is 0 Å². The monoisotopic (exact) mass is 498 g/mol. The van der Waals surface area contributed by atoms with Crippen LogP contribution in [0.5, 0.6) is 17.2 Å². The SMILES string of the molecule is COc1ccc(-c2ccc3c4c(C(N)=O)cccc4n(Cc4ccc(Oc5ccccc5)cc4)c3c2)cc1. The first kappa shape index (κ1) is 23.4. The molecule has 2 N–H and O–H groups in total. The van der Waals surface area contributed by atoms with Gasteiger partial charge in [0, 0.05) is 22.9 Å². The number of methoxy groups -OCH3 is 1. The van der Waals surface area contributed by atoms with Gasteiger partial charge in [-0.3, -0.25) is 4.79 Å². The molecule has 0 saturated carbocycles. The Morgan fingerprint density at radius 3 is 2.11 bits per heavy atom. The Bertz CT molecular complexity index is 1750. The van der Waals surface area contributed by atoms with E-state index < -0.39 is 5.91 Å². The quantitative estimate of drug-likeness (QED) is 0.249. The molecule has 0 unspecified atom stereocenters. The molecule has 0 aliphatic carbocycles. The highest BCUT2D eigenvalue weighted by molar-refractivity contribution is 6.18. The van der Waals surface area contributed by atoms with Crippen LogP contribution in [0.15, 0.2) is 115 Å². The van der Waals surface area contributed by atoms with Crippen molar-refractivity contribution < 1.29 is 14.3 Å². The Morgan fingerprint density at radius 1 is 0.711 bits per heavy atom. The Balaban J connectivity index is 1.44. The predicted molar refractivity (Wildman–Crippen MR) is 152 cm³/mol. The van der Waals surface area contributed by atoms with E-state index in [1.54, 1.807) is 13.2 Å². The number of para-hydroxylation sites is 1. The van der Waals surface area contributed by atoms with Gasteiger partial charge in [0.15, 0.2) is 0 Å². The van der Waals surface area contributed by atoms with Gasteiger partial charge in [-0.1, -0.05) is 60.7 Å². The maximum atomic E-state index is 12.3. The second-order valence-electron chi connectivity index (χ2n) is 9.17. The van der Waals surface area contributed by atoms with E-state index in [-0.39, 0.29) is 0 Å². The van der Waals surface area contributed by atoms with Gasteiger partial charge in [0.05, 0.1) is 18.1 Å². The average Bonchev–Trinajstić information content (AvgIpc) is 3.27. The summed E-state index contributed by atoms with van der Waals surface area (Å²) in [5, 5.41) is 1.87. The standard InChI is InChI=1S/C33H26N2O3/c1-37-25-17-12-23(13-18-25)24-14-19-28-31(20-24)35(30-9-5-8-29(32(28)30)33(34)36)21-22-10-15-27(16-11-22)38-26-6-3-2-4-7-26/h2-20H,21H2,1H3,(H2,34,36). The highest BCUT2D eigenvalue weighted by Crippen LogP contribution is 2.35. The Kier molecular flexibility index (Phi) is 6.02. The smallest absolute Gasteiger partial charge is 0.249 e. The van der Waals surface area contributed by atoms with Crippen molar-refractivity contribution in [2.24, 2.45) is 5.73 Å². The zero-order valence-electron chi connectivity index (χ0n) is 20.9. The number of carbonyl (C=O) groups is 1. The molecule has 186 valence electrons. The number of fused-ring (bicyclic) bond motifs is 3. The fraction of sp³-hybridized carbons (Fsp3) is 0.0606. The van der Waals surface area contributed by atoms with Crippen molar-refractivity contribution >= 4 is 27.7 Å². The maximum Gasteiger partial charge on any atom is 0.249 e. The molecular weight excluding hydrogens is 472 g/mol. The molecule has 0 aliphatic heterocycles. The minimum absolute atomic E-state index is 0.434. The largest absolute Gasteiger partial charge is 0.497 e. The summed E-state index contributed by atoms with van der Waals surface area (Å²) >= 11 is 0. The van der Waals surface area contributed by atoms with Crippen LogP contribution in [0.25, 0.3) is 32.9 Å². The van der Waals surface area contributed by atoms with Gasteiger partial charge in [-0.05, 0) is 71.3 Å². The summed E-state index contributed by atoms with van der Waals surface area (Å²) in [5.74, 6) is 1.96. The van der Waals surface area contributed by atoms with E-state index in [4.69, 9.17) is 15.2 Å². The summed E-state index contributed by atoms with van der Waals surface area (Å²) in [7, 11) is 1.66. The van der Waals surface area contributed by atoms with Crippen molar-refractivity contribution in [2.75, 3.05) is 7.11 Å². The summed E-state index contributed by atoms with van der Waals surface area (Å²) < 4.78 is 13.5. The molecule has 0 spiro atoms. The van der Waals surface area contributed by atoms with Crippen LogP contribution in [0, 0.1) is 0 Å². The molecule has 0 aliphatic rings. The molecule has 0 atom stereocenters. The van der Waals surface area contributed by atoms with Crippen molar-refractivity contribution in [1.82, 2.24) is 4.57 Å². The topological polar surface area (TPSA) is 66.5 Å². The van der Waals surface area contributed by atoms with E-state index in [9.17, 15) is 4.79 Å². The second kappa shape index (κ2) is 9.79. The number of nitrogens with two attached hydrogens (primary N) is 1. The molecule has 0 fully saturated rings. The molecule has 5 nitrogen and oxygen atoms in total. The molecule has 5 aromatic carbocycles. The third kappa shape index (κ3) is 4.35. The first-order chi connectivity index (χ1) is 18.6. The van der Waals surface area contributed by atoms with Gasteiger partial charge in [-0.15, -0.1) is 0 Å². The number of carbonyl (C=O) groups excluding carboxylic acids is 1. The van der Waals surface area contributed by atoms with Gasteiger partial charge >= 0.3 is 0 Å². The summed E-state index contributed by atoms with van der Waals surface area (Å²) in [5.41, 5.74) is 11.6. The van der Waals surface area contributed by atoms with Gasteiger partial charge < -0.3 is 19.8 Å². The summed E-state index contributed by atoms with van der Waals surface area (Å²) in [6.45, 7) is 0.625. The van der Waals surface area contributed by atoms with E-state index >= 15 is 0 Å². The van der Waals surface area contributed by atoms with Gasteiger partial charge in [-0.25, -0.2) is 0 Å². The van der Waals surface area contributed by atoms with E-state index in [1.165, 1.54) is 0 Å². The number of primary amides is 1. The molecule has 1 aromatic heterocycles. The molecule has 5 heteroatoms. The number of nitrogens with zero attached hydrogens (tertiary/aromatic N) is 1. The van der Waals surface area contributed by atoms with Crippen LogP contribution < -0.4 is 15.2 Å². The number of hydrogen-bond donors (Lipinski definition) is 1. The van der Waals surface area contributed by atoms with Crippen LogP contribution in [0.3, 0.4) is 0 Å². The lowest BCUT2D eigenvalue weighted by Crippen LogP contribution is -2.11. The first-order valence-electron chi connectivity index (χ1n) is 12.4. The first-order valence-corrected chi connectivity index (χ1v) is 12.4. The highest BCUT2D eigenvalue weighted by atomic mass is 16.5. The number of benzene rings is 5. The molecule has 38 heavy (non-hydrogen) atoms. The number of amides is 1. The third-order valence-corrected chi connectivity index (χ3v) is 6.82. The third-order valence-electron chi connectivity index (χ3n) is 6.82. The van der Waals surface area contributed by atoms with Gasteiger partial charge in [-0.2, -0.15) is 0 Å². The Hall–Kier alpha value is -5.03. The lowest BCUT2D eigenvalue weighted by molar-refractivity contribution is 0.100. The molecule has 6 aromatic rings. The molecular formula is C33H26N2O3. The van der Waals surface area contributed by atoms with Crippen LogP contribution in [0.4, 0.5) is 0 Å². The fourth-order valence-electron chi connectivity index (χ4n) is 4.95. The minimum Gasteiger partial charge on any atom is -0.497 e. The lowest BCUT2D eigenvalue weighted by atomic mass is 10.0. The Labute approximate surface area is 220 Å². The summed E-state index contributed by atoms with van der Waals surface area (Å²) in [6.07, 6.45) is 0. The van der Waals surface area contributed by atoms with Crippen molar-refractivity contribution in [3.05, 3.63) is 126 Å². The number of hydrogen-bond acceptors (Lipinski definition) is 3. The molecule has 0 bridgehead atoms. The lowest BCUT2D eigenvalue weighted by Gasteiger charge is -2.11. The maximum absolute atomic E-state index is 12.3. The van der Waals surface area contributed by atoms with Gasteiger partial charge in [0.1, 0.15) is 17.2 Å². The predicted octanol–water partition coefficient (Wildman–Crippen LogP) is 7.41. The van der Waals surface area contributed by atoms with Crippen molar-refractivity contribution in [1.29, 1.82) is 0 Å². The summed E-state index contributed by atoms with van der Waals surface area (Å²) in [4.78, 5) is 12.3. The van der Waals surface area contributed by atoms with Crippen LogP contribution in [-0.2, 0) is 6.54 Å². The normalized spacial score (nSPS) is 11.1. The Morgan fingerprint density at radius 2 is 1.39 bits per heavy atom. The molecule has 0 radical (unpaired) electrons. The van der Waals surface area contributed by atoms with Crippen LogP contribution in [-0.4, -0.2) is 17.6 Å². The zero-order chi connectivity index (χ0) is 26.1. The number of rotatable bonds is 7. The van der Waals surface area contributed by atoms with E-state index in [0.29, 0.717) is 12.1 Å². The average molecular weight is 499 g/mol. The molecule has 1 heterocycles. The number of aromatic nitrogens is 1. The summed E-state index contributed by atoms with van der Waals surface area (Å²) in [6, 6.07) is 37.9. The minimum atomic E-state index is -0.434. The van der Waals surface area contributed by atoms with E-state index in [2.05, 4.69) is 34.9 Å². The molecule has 1 amide bonds. The van der Waals surface area contributed by atoms with Crippen molar-refractivity contribution in [3.63, 3.8) is 0 Å². The van der Waals surface area contributed by atoms with E-state index in [1.807, 2.05) is 78.9 Å². The number of ether oxygens (including phenoxy) is 2. The second-order valence-corrected chi connectivity index (χ2v) is 9.17. The van der Waals surface area contributed by atoms with Crippen LogP contribution >= 0.6 is 0 Å². The molecule has 0 saturated heterocycles. The van der Waals surface area contributed by atoms with Gasteiger partial charge in [0.2, 0.25) is 5.91 Å². The highest BCUT2D eigenvalue weighted by Gasteiger charge is 2.17. The van der Waals surface area contributed by atoms with Crippen molar-refractivity contribution in [2.45, 2.75) is 6.54 Å². The van der Waals surface area contributed by atoms with Crippen LogP contribution in [0.2, 0.25) is 0 Å².